The first-order chi connectivity index (χ1) is 10.0. The maximum absolute atomic E-state index is 12.0. The summed E-state index contributed by atoms with van der Waals surface area (Å²) in [4.78, 5) is 34.9. The average molecular weight is 288 g/mol. The van der Waals surface area contributed by atoms with Crippen molar-refractivity contribution in [2.24, 2.45) is 35.5 Å². The van der Waals surface area contributed by atoms with E-state index in [1.54, 1.807) is 0 Å². The summed E-state index contributed by atoms with van der Waals surface area (Å²) in [5.41, 5.74) is 2.31. The minimum atomic E-state index is -0.390. The van der Waals surface area contributed by atoms with Crippen molar-refractivity contribution in [2.75, 3.05) is 6.61 Å². The standard InChI is InChI=1S/C16H16O5/c1-6-10(5-20-7(2)17)12-9-4-3-8(11(6)12)13-14(9)16(19)21-15(13)18/h3-4,8-9,11-14H,5H2,1-2H3/t8-,9-,11+,12-,13+,14+/m0/s1. The Hall–Kier alpha value is -1.91. The minimum absolute atomic E-state index is 0.00166. The zero-order chi connectivity index (χ0) is 14.9. The SMILES string of the molecule is CC(=O)OCC1=C(C)[C@@H]2[C@@H]3C=C[C@H]([C@H]4C(=O)OC(=O)[C@H]34)[C@@H]12. The Kier molecular flexibility index (Phi) is 2.47. The normalized spacial score (nSPS) is 42.4. The maximum atomic E-state index is 12.0. The van der Waals surface area contributed by atoms with Crippen molar-refractivity contribution in [3.05, 3.63) is 23.3 Å². The van der Waals surface area contributed by atoms with Gasteiger partial charge < -0.3 is 9.47 Å². The molecule has 5 rings (SSSR count). The van der Waals surface area contributed by atoms with E-state index < -0.39 is 0 Å². The number of carbonyl (C=O) groups excluding carboxylic acids is 3. The second-order valence-electron chi connectivity index (χ2n) is 6.37. The first kappa shape index (κ1) is 12.8. The Morgan fingerprint density at radius 1 is 1.10 bits per heavy atom. The van der Waals surface area contributed by atoms with Crippen molar-refractivity contribution in [1.82, 2.24) is 0 Å². The molecular weight excluding hydrogens is 272 g/mol. The second-order valence-corrected chi connectivity index (χ2v) is 6.37. The lowest BCUT2D eigenvalue weighted by molar-refractivity contribution is -0.154. The molecule has 5 heteroatoms. The number of rotatable bonds is 2. The van der Waals surface area contributed by atoms with Gasteiger partial charge in [-0.15, -0.1) is 0 Å². The highest BCUT2D eigenvalue weighted by atomic mass is 16.6. The molecule has 0 aromatic heterocycles. The largest absolute Gasteiger partial charge is 0.461 e. The van der Waals surface area contributed by atoms with Gasteiger partial charge in [-0.2, -0.15) is 0 Å². The Bertz CT molecular complexity index is 629. The van der Waals surface area contributed by atoms with Gasteiger partial charge in [0, 0.05) is 6.92 Å². The zero-order valence-electron chi connectivity index (χ0n) is 11.9. The van der Waals surface area contributed by atoms with Gasteiger partial charge in [0.15, 0.2) is 0 Å². The van der Waals surface area contributed by atoms with Crippen LogP contribution in [-0.4, -0.2) is 24.5 Å². The van der Waals surface area contributed by atoms with Crippen molar-refractivity contribution >= 4 is 17.9 Å². The highest BCUT2D eigenvalue weighted by Gasteiger charge is 2.65. The summed E-state index contributed by atoms with van der Waals surface area (Å²) in [7, 11) is 0. The first-order valence-electron chi connectivity index (χ1n) is 7.27. The van der Waals surface area contributed by atoms with Crippen LogP contribution < -0.4 is 0 Å². The molecule has 0 unspecified atom stereocenters. The Morgan fingerprint density at radius 3 is 2.24 bits per heavy atom. The highest BCUT2D eigenvalue weighted by Crippen LogP contribution is 2.63. The molecule has 0 amide bonds. The highest BCUT2D eigenvalue weighted by molar-refractivity contribution is 5.98. The Balaban J connectivity index is 1.68. The number of hydrogen-bond acceptors (Lipinski definition) is 5. The van der Waals surface area contributed by atoms with Gasteiger partial charge >= 0.3 is 17.9 Å². The number of allylic oxidation sites excluding steroid dienone is 3. The summed E-state index contributed by atoms with van der Waals surface area (Å²) in [6.07, 6.45) is 4.12. The number of ether oxygens (including phenoxy) is 2. The zero-order valence-corrected chi connectivity index (χ0v) is 11.9. The van der Waals surface area contributed by atoms with Crippen LogP contribution in [0.1, 0.15) is 13.8 Å². The van der Waals surface area contributed by atoms with Gasteiger partial charge in [-0.05, 0) is 36.2 Å². The molecule has 110 valence electrons. The first-order valence-corrected chi connectivity index (χ1v) is 7.27. The molecule has 2 bridgehead atoms. The van der Waals surface area contributed by atoms with Crippen molar-refractivity contribution in [2.45, 2.75) is 13.8 Å². The van der Waals surface area contributed by atoms with Crippen LogP contribution in [0.25, 0.3) is 0 Å². The fourth-order valence-corrected chi connectivity index (χ4v) is 4.76. The van der Waals surface area contributed by atoms with Crippen LogP contribution in [0, 0.1) is 35.5 Å². The van der Waals surface area contributed by atoms with Crippen LogP contribution in [0.5, 0.6) is 0 Å². The summed E-state index contributed by atoms with van der Waals surface area (Å²) in [5, 5.41) is 0. The molecule has 0 aromatic carbocycles. The number of esters is 3. The van der Waals surface area contributed by atoms with E-state index in [2.05, 4.69) is 6.08 Å². The molecule has 2 fully saturated rings. The van der Waals surface area contributed by atoms with Crippen LogP contribution in [0.3, 0.4) is 0 Å². The van der Waals surface area contributed by atoms with Crippen molar-refractivity contribution in [3.63, 3.8) is 0 Å². The third-order valence-electron chi connectivity index (χ3n) is 5.57. The molecule has 5 nitrogen and oxygen atoms in total. The van der Waals surface area contributed by atoms with E-state index >= 15 is 0 Å². The monoisotopic (exact) mass is 288 g/mol. The van der Waals surface area contributed by atoms with Gasteiger partial charge in [-0.25, -0.2) is 0 Å². The van der Waals surface area contributed by atoms with Gasteiger partial charge in [0.25, 0.3) is 0 Å². The van der Waals surface area contributed by atoms with Crippen molar-refractivity contribution in [1.29, 1.82) is 0 Å². The summed E-state index contributed by atoms with van der Waals surface area (Å²) >= 11 is 0. The second kappa shape index (κ2) is 4.06. The minimum Gasteiger partial charge on any atom is -0.461 e. The average Bonchev–Trinajstić information content (AvgIpc) is 2.75. The summed E-state index contributed by atoms with van der Waals surface area (Å²) in [5.74, 6) is -1.20. The molecule has 1 heterocycles. The third kappa shape index (κ3) is 1.49. The number of cyclic esters (lactones) is 2. The molecule has 4 aliphatic carbocycles. The van der Waals surface area contributed by atoms with Crippen LogP contribution in [0.2, 0.25) is 0 Å². The lowest BCUT2D eigenvalue weighted by Crippen LogP contribution is -2.55. The van der Waals surface area contributed by atoms with E-state index in [4.69, 9.17) is 9.47 Å². The summed E-state index contributed by atoms with van der Waals surface area (Å²) < 4.78 is 9.99. The molecule has 5 aliphatic rings. The fourth-order valence-electron chi connectivity index (χ4n) is 4.76. The van der Waals surface area contributed by atoms with E-state index in [9.17, 15) is 14.4 Å². The van der Waals surface area contributed by atoms with Crippen molar-refractivity contribution < 1.29 is 23.9 Å². The van der Waals surface area contributed by atoms with Crippen LogP contribution in [-0.2, 0) is 23.9 Å². The van der Waals surface area contributed by atoms with E-state index in [1.807, 2.05) is 13.0 Å². The summed E-state index contributed by atoms with van der Waals surface area (Å²) in [6, 6.07) is 0. The van der Waals surface area contributed by atoms with E-state index in [-0.39, 0.29) is 53.4 Å². The Labute approximate surface area is 122 Å². The van der Waals surface area contributed by atoms with Crippen LogP contribution in [0.4, 0.5) is 0 Å². The van der Waals surface area contributed by atoms with E-state index in [0.29, 0.717) is 6.61 Å². The molecule has 0 radical (unpaired) electrons. The van der Waals surface area contributed by atoms with Crippen LogP contribution in [0.15, 0.2) is 23.3 Å². The maximum Gasteiger partial charge on any atom is 0.318 e. The molecule has 0 spiro atoms. The van der Waals surface area contributed by atoms with Gasteiger partial charge in [0.2, 0.25) is 0 Å². The topological polar surface area (TPSA) is 69.7 Å². The Morgan fingerprint density at radius 2 is 1.67 bits per heavy atom. The number of carbonyl (C=O) groups is 3. The molecule has 1 saturated carbocycles. The molecular formula is C16H16O5. The summed E-state index contributed by atoms with van der Waals surface area (Å²) in [6.45, 7) is 3.72. The lowest BCUT2D eigenvalue weighted by Gasteiger charge is -2.56. The molecule has 1 saturated heterocycles. The van der Waals surface area contributed by atoms with Gasteiger partial charge in [0.05, 0.1) is 11.8 Å². The molecule has 0 aromatic rings. The van der Waals surface area contributed by atoms with Gasteiger partial charge in [-0.1, -0.05) is 17.7 Å². The predicted octanol–water partition coefficient (Wildman–Crippen LogP) is 1.24. The third-order valence-corrected chi connectivity index (χ3v) is 5.57. The van der Waals surface area contributed by atoms with E-state index in [0.717, 1.165) is 5.57 Å². The van der Waals surface area contributed by atoms with E-state index in [1.165, 1.54) is 12.5 Å². The quantitative estimate of drug-likeness (QED) is 0.434. The van der Waals surface area contributed by atoms with Gasteiger partial charge in [0.1, 0.15) is 6.61 Å². The molecule has 21 heavy (non-hydrogen) atoms. The lowest BCUT2D eigenvalue weighted by atomic mass is 9.45. The number of hydrogen-bond donors (Lipinski definition) is 0. The molecule has 0 N–H and O–H groups in total. The molecule has 1 aliphatic heterocycles. The van der Waals surface area contributed by atoms with Crippen LogP contribution >= 0.6 is 0 Å². The molecule has 6 atom stereocenters. The predicted molar refractivity (Wildman–Crippen MR) is 70.5 cm³/mol. The van der Waals surface area contributed by atoms with Crippen molar-refractivity contribution in [3.8, 4) is 0 Å². The fraction of sp³-hybridized carbons (Fsp3) is 0.562. The smallest absolute Gasteiger partial charge is 0.318 e. The van der Waals surface area contributed by atoms with Gasteiger partial charge in [-0.3, -0.25) is 14.4 Å².